The summed E-state index contributed by atoms with van der Waals surface area (Å²) in [6.45, 7) is 3.23. The highest BCUT2D eigenvalue weighted by atomic mass is 16.5. The molecule has 18 heteroatoms. The van der Waals surface area contributed by atoms with Crippen molar-refractivity contribution in [1.82, 2.24) is 29.8 Å². The van der Waals surface area contributed by atoms with E-state index in [1.54, 1.807) is 0 Å². The summed E-state index contributed by atoms with van der Waals surface area (Å²) < 4.78 is 15.1. The van der Waals surface area contributed by atoms with Crippen LogP contribution in [0.4, 0.5) is 0 Å². The summed E-state index contributed by atoms with van der Waals surface area (Å²) in [5.41, 5.74) is 11.3. The molecule has 18 nitrogen and oxygen atoms in total. The smallest absolute Gasteiger partial charge is 0.242 e. The molecule has 296 valence electrons. The zero-order valence-corrected chi connectivity index (χ0v) is 31.3. The minimum atomic E-state index is -0.444. The lowest BCUT2D eigenvalue weighted by molar-refractivity contribution is -0.143. The van der Waals surface area contributed by atoms with Crippen molar-refractivity contribution >= 4 is 35.4 Å². The fraction of sp³-hybridized carbons (Fsp3) is 0.818. The average molecular weight is 733 g/mol. The second-order valence-corrected chi connectivity index (χ2v) is 11.9. The minimum absolute atomic E-state index is 0.0390. The summed E-state index contributed by atoms with van der Waals surface area (Å²) in [6.07, 6.45) is 2.29. The molecule has 6 amide bonds. The first kappa shape index (κ1) is 47.6. The number of hydrogen-bond donors (Lipinski definition) is 4. The maximum Gasteiger partial charge on any atom is 0.242 e. The fourth-order valence-corrected chi connectivity index (χ4v) is 4.90. The summed E-state index contributed by atoms with van der Waals surface area (Å²) in [5.74, 6) is -2.19. The van der Waals surface area contributed by atoms with Gasteiger partial charge in [-0.05, 0) is 38.8 Å². The third kappa shape index (κ3) is 22.2. The number of aliphatic hydroxyl groups excluding tert-OH is 1. The average Bonchev–Trinajstić information content (AvgIpc) is 3.10. The molecule has 0 aromatic rings. The number of nitrogens with two attached hydrogens (primary N) is 2. The van der Waals surface area contributed by atoms with Crippen molar-refractivity contribution in [3.05, 3.63) is 0 Å². The van der Waals surface area contributed by atoms with Gasteiger partial charge in [0.05, 0.1) is 46.1 Å². The second-order valence-electron chi connectivity index (χ2n) is 11.9. The Labute approximate surface area is 303 Å². The van der Waals surface area contributed by atoms with E-state index in [4.69, 9.17) is 25.7 Å². The van der Waals surface area contributed by atoms with Gasteiger partial charge in [0.1, 0.15) is 0 Å². The SMILES string of the molecule is COCCNC(=O)CN(CCOC)C(=O)CCN(CCCCN)C(=O)CN(CCO)C(=O)CCN(CCCCN)C(=O)CN(CCOC)C(C)=O. The number of methoxy groups -OCH3 is 3. The van der Waals surface area contributed by atoms with Crippen LogP contribution in [0, 0.1) is 0 Å². The van der Waals surface area contributed by atoms with Gasteiger partial charge in [0.15, 0.2) is 0 Å². The molecule has 0 saturated carbocycles. The monoisotopic (exact) mass is 732 g/mol. The fourth-order valence-electron chi connectivity index (χ4n) is 4.90. The maximum atomic E-state index is 13.6. The number of nitrogens with one attached hydrogen (secondary N) is 1. The Hall–Kier alpha value is -3.42. The molecule has 0 radical (unpaired) electrons. The molecule has 0 aromatic heterocycles. The highest BCUT2D eigenvalue weighted by Gasteiger charge is 2.25. The van der Waals surface area contributed by atoms with Crippen LogP contribution in [-0.2, 0) is 43.0 Å². The first-order valence-electron chi connectivity index (χ1n) is 17.6. The summed E-state index contributed by atoms with van der Waals surface area (Å²) >= 11 is 0. The lowest BCUT2D eigenvalue weighted by Crippen LogP contribution is -2.48. The number of amides is 6. The van der Waals surface area contributed by atoms with Crippen LogP contribution in [0.15, 0.2) is 0 Å². The molecule has 0 bridgehead atoms. The number of nitrogens with zero attached hydrogens (tertiary/aromatic N) is 5. The van der Waals surface area contributed by atoms with Crippen LogP contribution in [0.25, 0.3) is 0 Å². The van der Waals surface area contributed by atoms with Crippen LogP contribution >= 0.6 is 0 Å². The molecule has 0 saturated heterocycles. The highest BCUT2D eigenvalue weighted by molar-refractivity contribution is 5.87. The number of hydrogen-bond acceptors (Lipinski definition) is 12. The Morgan fingerprint density at radius 1 is 0.549 bits per heavy atom. The summed E-state index contributed by atoms with van der Waals surface area (Å²) in [7, 11) is 4.50. The van der Waals surface area contributed by atoms with Crippen LogP contribution in [0.3, 0.4) is 0 Å². The van der Waals surface area contributed by atoms with E-state index in [-0.39, 0.29) is 102 Å². The van der Waals surface area contributed by atoms with Crippen molar-refractivity contribution in [3.8, 4) is 0 Å². The van der Waals surface area contributed by atoms with Gasteiger partial charge in [0.25, 0.3) is 0 Å². The van der Waals surface area contributed by atoms with Gasteiger partial charge >= 0.3 is 0 Å². The standard InChI is InChI=1S/C33H64N8O10/c1-28(43)39(19-23-50-3)26-32(47)37(14-7-5-11-34)16-9-30(45)40(18-21-42)27-33(48)38(15-8-6-12-35)17-10-31(46)41(20-24-51-4)25-29(44)36-13-22-49-2/h42H,5-27,34-35H2,1-4H3,(H,36,44). The molecule has 51 heavy (non-hydrogen) atoms. The number of carbonyl (C=O) groups is 6. The van der Waals surface area contributed by atoms with Crippen LogP contribution in [-0.4, -0.2) is 198 Å². The predicted octanol–water partition coefficient (Wildman–Crippen LogP) is -2.55. The van der Waals surface area contributed by atoms with Crippen molar-refractivity contribution < 1.29 is 48.1 Å². The van der Waals surface area contributed by atoms with Gasteiger partial charge < -0.3 is 60.6 Å². The van der Waals surface area contributed by atoms with E-state index in [1.165, 1.54) is 52.8 Å². The quantitative estimate of drug-likeness (QED) is 0.0541. The van der Waals surface area contributed by atoms with E-state index < -0.39 is 18.4 Å². The Bertz CT molecular complexity index is 1020. The Morgan fingerprint density at radius 2 is 1.00 bits per heavy atom. The van der Waals surface area contributed by atoms with E-state index in [9.17, 15) is 33.9 Å². The van der Waals surface area contributed by atoms with Crippen molar-refractivity contribution in [1.29, 1.82) is 0 Å². The number of aliphatic hydroxyl groups is 1. The second kappa shape index (κ2) is 30.2. The summed E-state index contributed by atoms with van der Waals surface area (Å²) in [4.78, 5) is 84.9. The van der Waals surface area contributed by atoms with E-state index in [1.807, 2.05) is 0 Å². The van der Waals surface area contributed by atoms with Crippen molar-refractivity contribution in [2.45, 2.75) is 45.4 Å². The molecule has 0 unspecified atom stereocenters. The first-order chi connectivity index (χ1) is 24.5. The first-order valence-corrected chi connectivity index (χ1v) is 17.6. The minimum Gasteiger partial charge on any atom is -0.395 e. The maximum absolute atomic E-state index is 13.6. The van der Waals surface area contributed by atoms with Gasteiger partial charge in [-0.1, -0.05) is 0 Å². The lowest BCUT2D eigenvalue weighted by Gasteiger charge is -2.30. The summed E-state index contributed by atoms with van der Waals surface area (Å²) in [5, 5.41) is 12.4. The molecule has 6 N–H and O–H groups in total. The third-order valence-electron chi connectivity index (χ3n) is 7.93. The van der Waals surface area contributed by atoms with E-state index >= 15 is 0 Å². The normalized spacial score (nSPS) is 10.8. The van der Waals surface area contributed by atoms with Crippen LogP contribution in [0.1, 0.15) is 45.4 Å². The van der Waals surface area contributed by atoms with Gasteiger partial charge in [-0.15, -0.1) is 0 Å². The molecule has 0 aliphatic rings. The Morgan fingerprint density at radius 3 is 1.43 bits per heavy atom. The van der Waals surface area contributed by atoms with Gasteiger partial charge in [-0.25, -0.2) is 0 Å². The molecule has 0 atom stereocenters. The molecular formula is C33H64N8O10. The zero-order chi connectivity index (χ0) is 38.4. The zero-order valence-electron chi connectivity index (χ0n) is 31.3. The number of carbonyl (C=O) groups excluding carboxylic acids is 6. The van der Waals surface area contributed by atoms with Crippen molar-refractivity contribution in [2.75, 3.05) is 133 Å². The Kier molecular flexibility index (Phi) is 28.2. The van der Waals surface area contributed by atoms with Crippen LogP contribution in [0.5, 0.6) is 0 Å². The molecule has 0 spiro atoms. The van der Waals surface area contributed by atoms with Gasteiger partial charge in [-0.3, -0.25) is 28.8 Å². The topological polar surface area (TPSA) is 231 Å². The molecule has 0 heterocycles. The third-order valence-corrected chi connectivity index (χ3v) is 7.93. The Balaban J connectivity index is 5.68. The predicted molar refractivity (Wildman–Crippen MR) is 190 cm³/mol. The lowest BCUT2D eigenvalue weighted by atomic mass is 10.2. The number of ether oxygens (including phenoxy) is 3. The molecule has 0 aliphatic heterocycles. The molecule has 0 aliphatic carbocycles. The van der Waals surface area contributed by atoms with Crippen LogP contribution < -0.4 is 16.8 Å². The molecule has 0 rings (SSSR count). The van der Waals surface area contributed by atoms with Crippen molar-refractivity contribution in [3.63, 3.8) is 0 Å². The highest BCUT2D eigenvalue weighted by Crippen LogP contribution is 2.07. The summed E-state index contributed by atoms with van der Waals surface area (Å²) in [6, 6.07) is 0. The van der Waals surface area contributed by atoms with E-state index in [0.29, 0.717) is 65.0 Å². The molecule has 0 fully saturated rings. The van der Waals surface area contributed by atoms with Gasteiger partial charge in [-0.2, -0.15) is 0 Å². The van der Waals surface area contributed by atoms with Crippen LogP contribution in [0.2, 0.25) is 0 Å². The molecule has 0 aromatic carbocycles. The largest absolute Gasteiger partial charge is 0.395 e. The van der Waals surface area contributed by atoms with Gasteiger partial charge in [0.2, 0.25) is 35.4 Å². The van der Waals surface area contributed by atoms with E-state index in [2.05, 4.69) is 5.32 Å². The number of rotatable bonds is 31. The van der Waals surface area contributed by atoms with Crippen molar-refractivity contribution in [2.24, 2.45) is 11.5 Å². The molecular weight excluding hydrogens is 668 g/mol. The van der Waals surface area contributed by atoms with E-state index in [0.717, 1.165) is 0 Å². The number of unbranched alkanes of at least 4 members (excludes halogenated alkanes) is 2. The van der Waals surface area contributed by atoms with Gasteiger partial charge in [0, 0.05) is 93.5 Å².